The molecule has 4 heterocycles. The highest BCUT2D eigenvalue weighted by molar-refractivity contribution is 5.94. The summed E-state index contributed by atoms with van der Waals surface area (Å²) in [5.41, 5.74) is 12.3. The third-order valence-electron chi connectivity index (χ3n) is 7.34. The van der Waals surface area contributed by atoms with Crippen molar-refractivity contribution in [2.24, 2.45) is 0 Å². The van der Waals surface area contributed by atoms with Gasteiger partial charge in [0.15, 0.2) is 0 Å². The van der Waals surface area contributed by atoms with E-state index in [1.54, 1.807) is 0 Å². The van der Waals surface area contributed by atoms with Crippen LogP contribution in [0.5, 0.6) is 0 Å². The number of hydrogen-bond donors (Lipinski definition) is 0. The van der Waals surface area contributed by atoms with Gasteiger partial charge < -0.3 is 28.4 Å². The van der Waals surface area contributed by atoms with Gasteiger partial charge in [0.2, 0.25) is 0 Å². The van der Waals surface area contributed by atoms with Gasteiger partial charge in [-0.1, -0.05) is 22.9 Å². The fraction of sp³-hybridized carbons (Fsp3) is 0.444. The second-order valence-corrected chi connectivity index (χ2v) is 10.9. The largest absolute Gasteiger partial charge is 0.462 e. The number of rotatable bonds is 0. The Labute approximate surface area is 277 Å². The van der Waals surface area contributed by atoms with E-state index >= 15 is 0 Å². The minimum absolute atomic E-state index is 0.115. The van der Waals surface area contributed by atoms with Gasteiger partial charge in [-0.3, -0.25) is 0 Å². The average molecular weight is 661 g/mol. The molecule has 0 amide bonds. The molecule has 0 saturated carbocycles. The molecule has 6 aliphatic rings. The van der Waals surface area contributed by atoms with Gasteiger partial charge in [0.25, 0.3) is 0 Å². The van der Waals surface area contributed by atoms with Crippen molar-refractivity contribution in [2.45, 2.75) is 64.2 Å². The number of hydrogen-bond acceptors (Lipinski definition) is 12. The van der Waals surface area contributed by atoms with Crippen LogP contribution in [0, 0.1) is 0 Å². The quantitative estimate of drug-likeness (QED) is 0.221. The number of fused-ring (bicyclic) bond motifs is 3. The summed E-state index contributed by atoms with van der Waals surface area (Å²) in [6, 6.07) is 5.87. The maximum Gasteiger partial charge on any atom is 0.342 e. The van der Waals surface area contributed by atoms with E-state index in [2.05, 4.69) is 22.9 Å². The Morgan fingerprint density at radius 1 is 0.333 bits per heavy atom. The van der Waals surface area contributed by atoms with E-state index in [0.717, 1.165) is 0 Å². The summed E-state index contributed by atoms with van der Waals surface area (Å²) in [6.45, 7) is 0.689. The minimum Gasteiger partial charge on any atom is -0.462 e. The zero-order chi connectivity index (χ0) is 34.1. The molecule has 0 N–H and O–H groups in total. The minimum atomic E-state index is -0.554. The first-order chi connectivity index (χ1) is 23.3. The van der Waals surface area contributed by atoms with Gasteiger partial charge in [0.1, 0.15) is 0 Å². The molecule has 12 heteroatoms. The Morgan fingerprint density at radius 2 is 0.542 bits per heavy atom. The third kappa shape index (κ3) is 11.2. The first-order valence-electron chi connectivity index (χ1n) is 15.9. The second kappa shape index (κ2) is 18.7. The Balaban J connectivity index is 1.33. The first-order valence-corrected chi connectivity index (χ1v) is 15.9. The molecule has 1 aromatic carbocycles. The summed E-state index contributed by atoms with van der Waals surface area (Å²) >= 11 is 0. The molecule has 4 aliphatic heterocycles. The van der Waals surface area contributed by atoms with Crippen molar-refractivity contribution in [3.05, 3.63) is 80.6 Å². The van der Waals surface area contributed by atoms with E-state index in [-0.39, 0.29) is 98.7 Å². The van der Waals surface area contributed by atoms with E-state index in [1.165, 1.54) is 24.3 Å². The summed E-state index contributed by atoms with van der Waals surface area (Å²) in [7, 11) is 0. The van der Waals surface area contributed by atoms with Crippen molar-refractivity contribution < 1.29 is 57.2 Å². The highest BCUT2D eigenvalue weighted by Gasteiger charge is 2.20. The Hall–Kier alpha value is -5.36. The lowest BCUT2D eigenvalue weighted by Gasteiger charge is -2.11. The fourth-order valence-electron chi connectivity index (χ4n) is 4.52. The van der Waals surface area contributed by atoms with Crippen molar-refractivity contribution in [1.82, 2.24) is 0 Å². The number of esters is 6. The topological polar surface area (TPSA) is 158 Å². The van der Waals surface area contributed by atoms with Crippen LogP contribution in [0.15, 0.2) is 69.5 Å². The Morgan fingerprint density at radius 3 is 0.750 bits per heavy atom. The van der Waals surface area contributed by atoms with Crippen LogP contribution in [0.2, 0.25) is 0 Å². The lowest BCUT2D eigenvalue weighted by atomic mass is 10.0. The van der Waals surface area contributed by atoms with Gasteiger partial charge >= 0.3 is 35.8 Å². The number of ether oxygens (including phenoxy) is 6. The molecule has 2 aliphatic carbocycles. The van der Waals surface area contributed by atoms with Crippen molar-refractivity contribution >= 4 is 35.8 Å². The van der Waals surface area contributed by atoms with Crippen LogP contribution < -0.4 is 0 Å². The summed E-state index contributed by atoms with van der Waals surface area (Å²) in [6.07, 6.45) is 3.78. The Bertz CT molecular complexity index is 1500. The highest BCUT2D eigenvalue weighted by Crippen LogP contribution is 2.19. The maximum atomic E-state index is 12.3. The number of carbonyl (C=O) groups is 6. The fourth-order valence-corrected chi connectivity index (χ4v) is 4.52. The van der Waals surface area contributed by atoms with Crippen LogP contribution in [0.1, 0.15) is 84.9 Å². The molecular weight excluding hydrogens is 624 g/mol. The number of benzene rings is 1. The molecule has 0 spiro atoms. The SMILES string of the molecule is O=C1OCCCCOC(=O)C2=C=C=C(CC2)C(=O)OCCCCOC(=O)c2ccc(cc2)C(=O)OCCCCOC(=O)C2=C=C=C1CC2. The molecular formula is C36H36O12. The van der Waals surface area contributed by atoms with Crippen molar-refractivity contribution in [3.63, 3.8) is 0 Å². The summed E-state index contributed by atoms with van der Waals surface area (Å²) in [4.78, 5) is 74.1. The van der Waals surface area contributed by atoms with Crippen LogP contribution in [-0.4, -0.2) is 75.5 Å². The molecule has 252 valence electrons. The van der Waals surface area contributed by atoms with Gasteiger partial charge in [-0.05, 0) is 88.5 Å². The summed E-state index contributed by atoms with van der Waals surface area (Å²) in [5.74, 6) is -3.32. The number of carbonyl (C=O) groups excluding carboxylic acids is 6. The monoisotopic (exact) mass is 660 g/mol. The summed E-state index contributed by atoms with van der Waals surface area (Å²) in [5, 5.41) is 0. The van der Waals surface area contributed by atoms with Gasteiger partial charge in [-0.2, -0.15) is 0 Å². The maximum absolute atomic E-state index is 12.3. The molecule has 0 aromatic heterocycles. The first kappa shape index (κ1) is 35.5. The normalized spacial score (nSPS) is 19.8. The predicted molar refractivity (Wildman–Crippen MR) is 165 cm³/mol. The van der Waals surface area contributed by atoms with Gasteiger partial charge in [0.05, 0.1) is 73.1 Å². The van der Waals surface area contributed by atoms with Crippen LogP contribution in [-0.2, 0) is 47.6 Å². The lowest BCUT2D eigenvalue weighted by Crippen LogP contribution is -2.15. The zero-order valence-electron chi connectivity index (χ0n) is 26.5. The van der Waals surface area contributed by atoms with E-state index in [0.29, 0.717) is 38.5 Å². The van der Waals surface area contributed by atoms with E-state index < -0.39 is 35.8 Å². The van der Waals surface area contributed by atoms with Gasteiger partial charge in [-0.25, -0.2) is 28.8 Å². The molecule has 48 heavy (non-hydrogen) atoms. The molecule has 12 nitrogen and oxygen atoms in total. The molecule has 7 rings (SSSR count). The molecule has 0 radical (unpaired) electrons. The zero-order valence-corrected chi connectivity index (χ0v) is 26.5. The van der Waals surface area contributed by atoms with Gasteiger partial charge in [-0.15, -0.1) is 0 Å². The van der Waals surface area contributed by atoms with E-state index in [4.69, 9.17) is 28.4 Å². The van der Waals surface area contributed by atoms with E-state index in [9.17, 15) is 28.8 Å². The van der Waals surface area contributed by atoms with Gasteiger partial charge in [0, 0.05) is 0 Å². The Kier molecular flexibility index (Phi) is 13.8. The van der Waals surface area contributed by atoms with E-state index in [1.807, 2.05) is 0 Å². The average Bonchev–Trinajstić information content (AvgIpc) is 3.11. The molecule has 0 atom stereocenters. The molecule has 1 aromatic rings. The van der Waals surface area contributed by atoms with Crippen LogP contribution in [0.25, 0.3) is 0 Å². The standard InChI is InChI=1S/C36H36O12/c37-31-25-7-9-27(10-8-25)33(39)45-21-3-4-23-47-35(41)29-15-17-30(18-16-29)36(42)48-24-6-5-22-46-34(40)28-13-11-26(12-14-28)32(38)44-20-2-1-19-43-31/h7-10H,1-6,11,13,15,17,19-24H2. The predicted octanol–water partition coefficient (Wildman–Crippen LogP) is 4.33. The molecule has 0 saturated heterocycles. The lowest BCUT2D eigenvalue weighted by molar-refractivity contribution is -0.142. The van der Waals surface area contributed by atoms with Crippen molar-refractivity contribution in [3.8, 4) is 0 Å². The van der Waals surface area contributed by atoms with Crippen molar-refractivity contribution in [2.75, 3.05) is 39.6 Å². The van der Waals surface area contributed by atoms with Crippen molar-refractivity contribution in [1.29, 1.82) is 0 Å². The smallest absolute Gasteiger partial charge is 0.342 e. The van der Waals surface area contributed by atoms with Crippen LogP contribution in [0.3, 0.4) is 0 Å². The summed E-state index contributed by atoms with van der Waals surface area (Å²) < 4.78 is 31.6. The molecule has 0 unspecified atom stereocenters. The molecule has 0 fully saturated rings. The second-order valence-electron chi connectivity index (χ2n) is 10.9. The highest BCUT2D eigenvalue weighted by atomic mass is 16.6. The van der Waals surface area contributed by atoms with Crippen LogP contribution >= 0.6 is 0 Å². The molecule has 6 bridgehead atoms. The third-order valence-corrected chi connectivity index (χ3v) is 7.34. The van der Waals surface area contributed by atoms with Crippen LogP contribution in [0.4, 0.5) is 0 Å².